The van der Waals surface area contributed by atoms with Crippen molar-refractivity contribution in [3.63, 3.8) is 0 Å². The molecule has 1 aromatic rings. The molecule has 19 heavy (non-hydrogen) atoms. The van der Waals surface area contributed by atoms with Gasteiger partial charge in [0.25, 0.3) is 0 Å². The maximum absolute atomic E-state index is 12.9. The van der Waals surface area contributed by atoms with Gasteiger partial charge in [-0.05, 0) is 43.4 Å². The highest BCUT2D eigenvalue weighted by Crippen LogP contribution is 2.58. The molecule has 2 aliphatic rings. The molecular weight excluding hydrogens is 304 g/mol. The van der Waals surface area contributed by atoms with Gasteiger partial charge in [0, 0.05) is 20.9 Å². The van der Waals surface area contributed by atoms with Crippen molar-refractivity contribution < 1.29 is 9.90 Å². The lowest BCUT2D eigenvalue weighted by Crippen LogP contribution is -2.45. The number of benzene rings is 1. The fraction of sp³-hybridized carbons (Fsp3) is 0.562. The number of Topliss-reactive ketones (excluding diaryl/α,β-unsaturated/α-hetero) is 1. The Kier molecular flexibility index (Phi) is 2.92. The van der Waals surface area contributed by atoms with Crippen LogP contribution in [0.4, 0.5) is 0 Å². The van der Waals surface area contributed by atoms with Crippen LogP contribution >= 0.6 is 15.9 Å². The lowest BCUT2D eigenvalue weighted by molar-refractivity contribution is 0.0274. The lowest BCUT2D eigenvalue weighted by atomic mass is 9.58. The van der Waals surface area contributed by atoms with Crippen LogP contribution in [0.2, 0.25) is 0 Å². The van der Waals surface area contributed by atoms with Crippen LogP contribution in [0.3, 0.4) is 0 Å². The van der Waals surface area contributed by atoms with Crippen molar-refractivity contribution >= 4 is 21.7 Å². The molecule has 1 spiro atoms. The Balaban J connectivity index is 2.13. The Morgan fingerprint density at radius 1 is 1.26 bits per heavy atom. The van der Waals surface area contributed by atoms with E-state index in [4.69, 9.17) is 0 Å². The maximum atomic E-state index is 12.9. The monoisotopic (exact) mass is 322 g/mol. The van der Waals surface area contributed by atoms with Gasteiger partial charge in [0.05, 0.1) is 6.10 Å². The highest BCUT2D eigenvalue weighted by atomic mass is 79.9. The first-order valence-corrected chi connectivity index (χ1v) is 7.71. The summed E-state index contributed by atoms with van der Waals surface area (Å²) in [4.78, 5) is 12.9. The second-order valence-electron chi connectivity index (χ2n) is 6.46. The van der Waals surface area contributed by atoms with E-state index in [2.05, 4.69) is 35.8 Å². The summed E-state index contributed by atoms with van der Waals surface area (Å²) >= 11 is 3.46. The third-order valence-electron chi connectivity index (χ3n) is 5.34. The molecule has 1 fully saturated rings. The normalized spacial score (nSPS) is 32.6. The molecule has 0 unspecified atom stereocenters. The SMILES string of the molecule is CC1(C)c2ccc(Br)cc2C(=O)C12CCC(O)CC2. The van der Waals surface area contributed by atoms with Crippen LogP contribution in [0.5, 0.6) is 0 Å². The zero-order valence-electron chi connectivity index (χ0n) is 11.4. The topological polar surface area (TPSA) is 37.3 Å². The van der Waals surface area contributed by atoms with E-state index in [-0.39, 0.29) is 22.7 Å². The Labute approximate surface area is 122 Å². The molecule has 0 saturated heterocycles. The molecule has 0 aromatic heterocycles. The predicted molar refractivity (Wildman–Crippen MR) is 78.4 cm³/mol. The number of carbonyl (C=O) groups is 1. The second-order valence-corrected chi connectivity index (χ2v) is 7.37. The van der Waals surface area contributed by atoms with Crippen molar-refractivity contribution in [1.29, 1.82) is 0 Å². The van der Waals surface area contributed by atoms with Crippen LogP contribution in [-0.4, -0.2) is 17.0 Å². The van der Waals surface area contributed by atoms with E-state index in [9.17, 15) is 9.90 Å². The number of aliphatic hydroxyl groups excluding tert-OH is 1. The molecule has 0 heterocycles. The van der Waals surface area contributed by atoms with Crippen molar-refractivity contribution in [3.05, 3.63) is 33.8 Å². The van der Waals surface area contributed by atoms with Gasteiger partial charge in [0.2, 0.25) is 0 Å². The summed E-state index contributed by atoms with van der Waals surface area (Å²) in [5, 5.41) is 9.75. The first-order chi connectivity index (χ1) is 8.88. The van der Waals surface area contributed by atoms with E-state index in [1.807, 2.05) is 12.1 Å². The van der Waals surface area contributed by atoms with Crippen LogP contribution in [0.25, 0.3) is 0 Å². The minimum atomic E-state index is -0.310. The van der Waals surface area contributed by atoms with Gasteiger partial charge in [-0.3, -0.25) is 4.79 Å². The number of hydrogen-bond acceptors (Lipinski definition) is 2. The number of halogens is 1. The fourth-order valence-corrected chi connectivity index (χ4v) is 4.36. The Bertz CT molecular complexity index is 540. The van der Waals surface area contributed by atoms with Crippen molar-refractivity contribution in [2.45, 2.75) is 51.0 Å². The molecule has 102 valence electrons. The zero-order chi connectivity index (χ0) is 13.8. The average molecular weight is 323 g/mol. The van der Waals surface area contributed by atoms with Gasteiger partial charge in [-0.15, -0.1) is 0 Å². The van der Waals surface area contributed by atoms with Gasteiger partial charge in [0.1, 0.15) is 0 Å². The van der Waals surface area contributed by atoms with Gasteiger partial charge in [-0.25, -0.2) is 0 Å². The molecule has 2 aliphatic carbocycles. The smallest absolute Gasteiger partial charge is 0.170 e. The predicted octanol–water partition coefficient (Wildman–Crippen LogP) is 3.84. The molecular formula is C16H19BrO2. The maximum Gasteiger partial charge on any atom is 0.170 e. The van der Waals surface area contributed by atoms with Crippen LogP contribution in [0, 0.1) is 5.41 Å². The van der Waals surface area contributed by atoms with Gasteiger partial charge < -0.3 is 5.11 Å². The van der Waals surface area contributed by atoms with Crippen molar-refractivity contribution in [2.75, 3.05) is 0 Å². The van der Waals surface area contributed by atoms with Gasteiger partial charge in [-0.2, -0.15) is 0 Å². The summed E-state index contributed by atoms with van der Waals surface area (Å²) in [6.45, 7) is 4.37. The third-order valence-corrected chi connectivity index (χ3v) is 5.83. The molecule has 1 aromatic carbocycles. The minimum absolute atomic E-state index is 0.139. The molecule has 0 radical (unpaired) electrons. The molecule has 2 nitrogen and oxygen atoms in total. The first kappa shape index (κ1) is 13.3. The summed E-state index contributed by atoms with van der Waals surface area (Å²) in [5.74, 6) is 0.278. The number of rotatable bonds is 0. The summed E-state index contributed by atoms with van der Waals surface area (Å²) in [6.07, 6.45) is 2.84. The van der Waals surface area contributed by atoms with E-state index in [0.29, 0.717) is 0 Å². The van der Waals surface area contributed by atoms with Gasteiger partial charge >= 0.3 is 0 Å². The van der Waals surface area contributed by atoms with E-state index in [1.54, 1.807) is 0 Å². The van der Waals surface area contributed by atoms with Crippen molar-refractivity contribution in [2.24, 2.45) is 5.41 Å². The number of aliphatic hydroxyl groups is 1. The average Bonchev–Trinajstić information content (AvgIpc) is 2.52. The lowest BCUT2D eigenvalue weighted by Gasteiger charge is -2.44. The van der Waals surface area contributed by atoms with Gasteiger partial charge in [0.15, 0.2) is 5.78 Å². The summed E-state index contributed by atoms with van der Waals surface area (Å²) in [5.41, 5.74) is 1.59. The van der Waals surface area contributed by atoms with Crippen molar-refractivity contribution in [1.82, 2.24) is 0 Å². The van der Waals surface area contributed by atoms with E-state index in [0.717, 1.165) is 41.3 Å². The van der Waals surface area contributed by atoms with Crippen LogP contribution in [0.15, 0.2) is 22.7 Å². The molecule has 0 amide bonds. The molecule has 3 heteroatoms. The first-order valence-electron chi connectivity index (χ1n) is 6.91. The second kappa shape index (κ2) is 4.16. The van der Waals surface area contributed by atoms with Crippen LogP contribution in [0.1, 0.15) is 55.5 Å². The summed E-state index contributed by atoms with van der Waals surface area (Å²) < 4.78 is 0.961. The molecule has 0 bridgehead atoms. The number of carbonyl (C=O) groups excluding carboxylic acids is 1. The highest BCUT2D eigenvalue weighted by Gasteiger charge is 2.58. The number of ketones is 1. The molecule has 3 rings (SSSR count). The largest absolute Gasteiger partial charge is 0.393 e. The van der Waals surface area contributed by atoms with Crippen molar-refractivity contribution in [3.8, 4) is 0 Å². The quantitative estimate of drug-likeness (QED) is 0.787. The number of fused-ring (bicyclic) bond motifs is 1. The Hall–Kier alpha value is -0.670. The fourth-order valence-electron chi connectivity index (χ4n) is 4.00. The highest BCUT2D eigenvalue weighted by molar-refractivity contribution is 9.10. The molecule has 0 atom stereocenters. The Morgan fingerprint density at radius 3 is 2.53 bits per heavy atom. The molecule has 0 aliphatic heterocycles. The van der Waals surface area contributed by atoms with Crippen LogP contribution < -0.4 is 0 Å². The van der Waals surface area contributed by atoms with E-state index in [1.165, 1.54) is 0 Å². The van der Waals surface area contributed by atoms with Gasteiger partial charge in [-0.1, -0.05) is 35.8 Å². The third kappa shape index (κ3) is 1.67. The minimum Gasteiger partial charge on any atom is -0.393 e. The van der Waals surface area contributed by atoms with E-state index < -0.39 is 0 Å². The summed E-state index contributed by atoms with van der Waals surface area (Å²) in [6, 6.07) is 6.06. The molecule has 1 saturated carbocycles. The Morgan fingerprint density at radius 2 is 1.89 bits per heavy atom. The standard InChI is InChI=1S/C16H19BrO2/c1-15(2)13-4-3-10(17)9-12(13)14(19)16(15)7-5-11(18)6-8-16/h3-4,9,11,18H,5-8H2,1-2H3. The zero-order valence-corrected chi connectivity index (χ0v) is 13.0. The van der Waals surface area contributed by atoms with Crippen LogP contribution in [-0.2, 0) is 5.41 Å². The van der Waals surface area contributed by atoms with E-state index >= 15 is 0 Å². The molecule has 1 N–H and O–H groups in total. The summed E-state index contributed by atoms with van der Waals surface area (Å²) in [7, 11) is 0. The number of hydrogen-bond donors (Lipinski definition) is 1.